The minimum atomic E-state index is -4.18. The summed E-state index contributed by atoms with van der Waals surface area (Å²) < 4.78 is 36.9. The predicted octanol–water partition coefficient (Wildman–Crippen LogP) is 3.20. The highest BCUT2D eigenvalue weighted by Crippen LogP contribution is 2.40. The molecule has 0 radical (unpaired) electrons. The van der Waals surface area contributed by atoms with Crippen LogP contribution in [0.25, 0.3) is 11.1 Å². The summed E-state index contributed by atoms with van der Waals surface area (Å²) in [4.78, 5) is 19.3. The third kappa shape index (κ3) is 4.63. The van der Waals surface area contributed by atoms with Crippen molar-refractivity contribution in [3.05, 3.63) is 89.5 Å². The molecule has 4 rings (SSSR count). The van der Waals surface area contributed by atoms with Gasteiger partial charge < -0.3 is 10.5 Å². The van der Waals surface area contributed by atoms with Gasteiger partial charge in [0.05, 0.1) is 7.11 Å². The van der Waals surface area contributed by atoms with Crippen LogP contribution in [0.2, 0.25) is 0 Å². The smallest absolute Gasteiger partial charge is 0.269 e. The van der Waals surface area contributed by atoms with Crippen molar-refractivity contribution in [1.82, 2.24) is 4.90 Å². The SMILES string of the molecule is COc1cccc(-c2cccc(C3(c4ccc(CS(=O)(=O)O)cc4)N=C(N)N(C)C3=O)c2)c1.Cl. The van der Waals surface area contributed by atoms with Gasteiger partial charge in [0.15, 0.2) is 11.5 Å². The lowest BCUT2D eigenvalue weighted by molar-refractivity contribution is -0.129. The van der Waals surface area contributed by atoms with Crippen LogP contribution in [-0.4, -0.2) is 43.9 Å². The summed E-state index contributed by atoms with van der Waals surface area (Å²) in [6.07, 6.45) is 0. The molecule has 1 aliphatic heterocycles. The summed E-state index contributed by atoms with van der Waals surface area (Å²) in [6.45, 7) is 0. The zero-order chi connectivity index (χ0) is 23.8. The number of ether oxygens (including phenoxy) is 1. The Bertz CT molecular complexity index is 1360. The number of nitrogens with zero attached hydrogens (tertiary/aromatic N) is 2. The molecule has 1 atom stereocenters. The van der Waals surface area contributed by atoms with E-state index in [1.54, 1.807) is 38.4 Å². The van der Waals surface area contributed by atoms with Crippen molar-refractivity contribution in [2.45, 2.75) is 11.3 Å². The summed E-state index contributed by atoms with van der Waals surface area (Å²) in [7, 11) is -1.02. The summed E-state index contributed by atoms with van der Waals surface area (Å²) >= 11 is 0. The van der Waals surface area contributed by atoms with Gasteiger partial charge in [0.25, 0.3) is 16.0 Å². The number of hydrogen-bond donors (Lipinski definition) is 2. The summed E-state index contributed by atoms with van der Waals surface area (Å²) in [5.74, 6) is -0.0645. The Hall–Kier alpha value is -3.40. The Kier molecular flexibility index (Phi) is 7.02. The quantitative estimate of drug-likeness (QED) is 0.500. The lowest BCUT2D eigenvalue weighted by Gasteiger charge is -2.26. The fourth-order valence-corrected chi connectivity index (χ4v) is 4.58. The van der Waals surface area contributed by atoms with Gasteiger partial charge in [-0.15, -0.1) is 12.4 Å². The maximum Gasteiger partial charge on any atom is 0.269 e. The molecule has 3 aromatic carbocycles. The number of likely N-dealkylation sites (N-methyl/N-ethyl adjacent to an activating group) is 1. The maximum atomic E-state index is 13.5. The topological polar surface area (TPSA) is 122 Å². The molecule has 3 N–H and O–H groups in total. The first-order valence-corrected chi connectivity index (χ1v) is 11.7. The summed E-state index contributed by atoms with van der Waals surface area (Å²) in [5, 5.41) is 0. The Morgan fingerprint density at radius 1 is 1.00 bits per heavy atom. The highest BCUT2D eigenvalue weighted by molar-refractivity contribution is 7.85. The van der Waals surface area contributed by atoms with Crippen LogP contribution >= 0.6 is 12.4 Å². The average Bonchev–Trinajstić information content (AvgIpc) is 3.03. The fraction of sp³-hybridized carbons (Fsp3) is 0.167. The number of carbonyl (C=O) groups excluding carboxylic acids is 1. The largest absolute Gasteiger partial charge is 0.497 e. The van der Waals surface area contributed by atoms with Gasteiger partial charge >= 0.3 is 0 Å². The number of halogens is 1. The van der Waals surface area contributed by atoms with Gasteiger partial charge in [-0.05, 0) is 46.0 Å². The second-order valence-electron chi connectivity index (χ2n) is 7.78. The van der Waals surface area contributed by atoms with Gasteiger partial charge in [-0.25, -0.2) is 4.99 Å². The first-order valence-electron chi connectivity index (χ1n) is 10.1. The molecule has 0 saturated carbocycles. The number of carbonyl (C=O) groups is 1. The predicted molar refractivity (Wildman–Crippen MR) is 133 cm³/mol. The normalized spacial score (nSPS) is 17.8. The van der Waals surface area contributed by atoms with E-state index in [0.29, 0.717) is 22.4 Å². The van der Waals surface area contributed by atoms with Crippen LogP contribution < -0.4 is 10.5 Å². The Morgan fingerprint density at radius 3 is 2.18 bits per heavy atom. The number of guanidine groups is 1. The molecule has 8 nitrogen and oxygen atoms in total. The number of amides is 1. The van der Waals surface area contributed by atoms with Gasteiger partial charge in [0, 0.05) is 7.05 Å². The molecule has 1 heterocycles. The van der Waals surface area contributed by atoms with Crippen LogP contribution in [-0.2, 0) is 26.2 Å². The second kappa shape index (κ2) is 9.46. The number of hydrogen-bond acceptors (Lipinski definition) is 6. The highest BCUT2D eigenvalue weighted by Gasteiger charge is 2.49. The van der Waals surface area contributed by atoms with E-state index in [9.17, 15) is 13.2 Å². The zero-order valence-electron chi connectivity index (χ0n) is 18.5. The van der Waals surface area contributed by atoms with E-state index in [2.05, 4.69) is 4.99 Å². The van der Waals surface area contributed by atoms with Crippen molar-refractivity contribution < 1.29 is 22.5 Å². The van der Waals surface area contributed by atoms with E-state index in [1.165, 1.54) is 4.90 Å². The van der Waals surface area contributed by atoms with E-state index in [1.807, 2.05) is 48.5 Å². The molecule has 1 amide bonds. The van der Waals surface area contributed by atoms with Gasteiger partial charge in [0.1, 0.15) is 11.5 Å². The van der Waals surface area contributed by atoms with Gasteiger partial charge in [-0.3, -0.25) is 14.2 Å². The maximum absolute atomic E-state index is 13.5. The number of methoxy groups -OCH3 is 1. The summed E-state index contributed by atoms with van der Waals surface area (Å²) in [5.41, 5.74) is 7.92. The third-order valence-corrected chi connectivity index (χ3v) is 6.34. The fourth-order valence-electron chi connectivity index (χ4n) is 3.96. The third-order valence-electron chi connectivity index (χ3n) is 5.64. The second-order valence-corrected chi connectivity index (χ2v) is 9.23. The number of rotatable bonds is 6. The first-order chi connectivity index (χ1) is 15.6. The van der Waals surface area contributed by atoms with E-state index >= 15 is 0 Å². The highest BCUT2D eigenvalue weighted by atomic mass is 35.5. The van der Waals surface area contributed by atoms with Crippen molar-refractivity contribution in [1.29, 1.82) is 0 Å². The molecule has 0 bridgehead atoms. The van der Waals surface area contributed by atoms with Crippen LogP contribution in [0.1, 0.15) is 16.7 Å². The molecule has 0 fully saturated rings. The van der Waals surface area contributed by atoms with Crippen molar-refractivity contribution >= 4 is 34.4 Å². The molecule has 0 aliphatic carbocycles. The monoisotopic (exact) mass is 501 g/mol. The minimum Gasteiger partial charge on any atom is -0.497 e. The molecule has 0 spiro atoms. The van der Waals surface area contributed by atoms with Crippen LogP contribution in [0.4, 0.5) is 0 Å². The van der Waals surface area contributed by atoms with E-state index < -0.39 is 21.4 Å². The van der Waals surface area contributed by atoms with Crippen LogP contribution in [0.3, 0.4) is 0 Å². The van der Waals surface area contributed by atoms with Crippen molar-refractivity contribution in [3.8, 4) is 16.9 Å². The van der Waals surface area contributed by atoms with Crippen LogP contribution in [0.15, 0.2) is 77.8 Å². The number of aliphatic imine (C=N–C) groups is 1. The average molecular weight is 502 g/mol. The van der Waals surface area contributed by atoms with E-state index in [4.69, 9.17) is 15.0 Å². The first kappa shape index (κ1) is 25.2. The Labute approximate surface area is 204 Å². The molecule has 0 aromatic heterocycles. The molecule has 3 aromatic rings. The van der Waals surface area contributed by atoms with E-state index in [-0.39, 0.29) is 24.3 Å². The molecule has 10 heteroatoms. The molecule has 178 valence electrons. The van der Waals surface area contributed by atoms with Crippen molar-refractivity contribution in [2.24, 2.45) is 10.7 Å². The van der Waals surface area contributed by atoms with Gasteiger partial charge in [0.2, 0.25) is 0 Å². The lowest BCUT2D eigenvalue weighted by Crippen LogP contribution is -2.41. The molecular weight excluding hydrogens is 478 g/mol. The van der Waals surface area contributed by atoms with Crippen molar-refractivity contribution in [2.75, 3.05) is 14.2 Å². The molecule has 1 aliphatic rings. The molecule has 1 unspecified atom stereocenters. The summed E-state index contributed by atoms with van der Waals surface area (Å²) in [6, 6.07) is 21.4. The van der Waals surface area contributed by atoms with Crippen molar-refractivity contribution in [3.63, 3.8) is 0 Å². The molecular formula is C24H24ClN3O5S. The standard InChI is InChI=1S/C24H23N3O5S.ClH/c1-27-22(28)24(26-23(27)25,19-11-9-16(10-12-19)15-33(29,30)31)20-7-3-5-17(13-20)18-6-4-8-21(14-18)32-2;/h3-14H,15H2,1-2H3,(H2,25,26)(H,29,30,31);1H. The minimum absolute atomic E-state index is 0. The number of nitrogens with two attached hydrogens (primary N) is 1. The number of benzene rings is 3. The van der Waals surface area contributed by atoms with Gasteiger partial charge in [-0.2, -0.15) is 8.42 Å². The Morgan fingerprint density at radius 2 is 1.62 bits per heavy atom. The Balaban J connectivity index is 0.00000324. The molecule has 0 saturated heterocycles. The van der Waals surface area contributed by atoms with Crippen LogP contribution in [0.5, 0.6) is 5.75 Å². The van der Waals surface area contributed by atoms with E-state index in [0.717, 1.165) is 11.1 Å². The van der Waals surface area contributed by atoms with Gasteiger partial charge in [-0.1, -0.05) is 54.6 Å². The molecule has 34 heavy (non-hydrogen) atoms. The zero-order valence-corrected chi connectivity index (χ0v) is 20.1. The lowest BCUT2D eigenvalue weighted by atomic mass is 9.81. The van der Waals surface area contributed by atoms with Crippen LogP contribution in [0, 0.1) is 0 Å².